The average Bonchev–Trinajstić information content (AvgIpc) is 3.06. The SMILES string of the molecule is O=C1C[C@@H](Sc2nc(-c3ccccc3)cc(C(F)(F)F)n2)[C@@H]2CO[C@H]1O2. The number of halogens is 3. The number of rotatable bonds is 3. The molecule has 2 fully saturated rings. The standard InChI is InChI=1S/C17H13F3N2O3S/c18-17(19,20)14-6-10(9-4-2-1-3-5-9)21-16(22-14)26-13-7-11(23)15-24-8-12(13)25-15/h1-6,12-13,15H,7-8H2/t12-,13+,15-/m0/s1. The van der Waals surface area contributed by atoms with Crippen molar-refractivity contribution in [3.63, 3.8) is 0 Å². The van der Waals surface area contributed by atoms with Crippen molar-refractivity contribution in [3.8, 4) is 11.3 Å². The molecule has 2 aliphatic rings. The van der Waals surface area contributed by atoms with Crippen molar-refractivity contribution >= 4 is 17.5 Å². The van der Waals surface area contributed by atoms with Crippen LogP contribution in [0.3, 0.4) is 0 Å². The van der Waals surface area contributed by atoms with Gasteiger partial charge in [0.05, 0.1) is 18.4 Å². The highest BCUT2D eigenvalue weighted by Gasteiger charge is 2.44. The Morgan fingerprint density at radius 2 is 1.92 bits per heavy atom. The van der Waals surface area contributed by atoms with Gasteiger partial charge in [-0.3, -0.25) is 4.79 Å². The second-order valence-electron chi connectivity index (χ2n) is 5.95. The summed E-state index contributed by atoms with van der Waals surface area (Å²) in [6.07, 6.45) is -5.65. The van der Waals surface area contributed by atoms with Crippen LogP contribution in [0.1, 0.15) is 12.1 Å². The molecule has 0 amide bonds. The molecular weight excluding hydrogens is 369 g/mol. The molecule has 3 heterocycles. The molecule has 1 aromatic heterocycles. The van der Waals surface area contributed by atoms with Crippen LogP contribution in [-0.2, 0) is 20.4 Å². The van der Waals surface area contributed by atoms with Crippen molar-refractivity contribution in [2.75, 3.05) is 6.61 Å². The Bertz CT molecular complexity index is 832. The molecule has 5 nitrogen and oxygen atoms in total. The number of carbonyl (C=O) groups is 1. The number of hydrogen-bond acceptors (Lipinski definition) is 6. The lowest BCUT2D eigenvalue weighted by Crippen LogP contribution is -2.37. The minimum atomic E-state index is -4.60. The summed E-state index contributed by atoms with van der Waals surface area (Å²) in [4.78, 5) is 19.8. The van der Waals surface area contributed by atoms with Gasteiger partial charge in [0, 0.05) is 17.2 Å². The Hall–Kier alpha value is -1.97. The molecule has 2 aromatic rings. The molecule has 0 N–H and O–H groups in total. The summed E-state index contributed by atoms with van der Waals surface area (Å²) in [7, 11) is 0. The van der Waals surface area contributed by atoms with Gasteiger partial charge in [-0.1, -0.05) is 42.1 Å². The monoisotopic (exact) mass is 382 g/mol. The van der Waals surface area contributed by atoms with E-state index < -0.39 is 18.2 Å². The third-order valence-corrected chi connectivity index (χ3v) is 5.28. The topological polar surface area (TPSA) is 61.3 Å². The van der Waals surface area contributed by atoms with Crippen LogP contribution < -0.4 is 0 Å². The van der Waals surface area contributed by atoms with Crippen LogP contribution in [-0.4, -0.2) is 40.0 Å². The number of hydrogen-bond donors (Lipinski definition) is 0. The van der Waals surface area contributed by atoms with Gasteiger partial charge in [-0.15, -0.1) is 0 Å². The number of ketones is 1. The van der Waals surface area contributed by atoms with Crippen LogP contribution in [0.25, 0.3) is 11.3 Å². The smallest absolute Gasteiger partial charge is 0.343 e. The fraction of sp³-hybridized carbons (Fsp3) is 0.353. The Kier molecular flexibility index (Phi) is 4.45. The largest absolute Gasteiger partial charge is 0.433 e. The number of fused-ring (bicyclic) bond motifs is 2. The van der Waals surface area contributed by atoms with Gasteiger partial charge in [-0.2, -0.15) is 13.2 Å². The van der Waals surface area contributed by atoms with Crippen LogP contribution >= 0.6 is 11.8 Å². The van der Waals surface area contributed by atoms with Gasteiger partial charge in [-0.25, -0.2) is 9.97 Å². The lowest BCUT2D eigenvalue weighted by Gasteiger charge is -2.25. The summed E-state index contributed by atoms with van der Waals surface area (Å²) in [5.74, 6) is -0.216. The van der Waals surface area contributed by atoms with E-state index in [1.165, 1.54) is 0 Å². The maximum atomic E-state index is 13.3. The van der Waals surface area contributed by atoms with Gasteiger partial charge < -0.3 is 9.47 Å². The molecule has 0 saturated carbocycles. The van der Waals surface area contributed by atoms with E-state index in [2.05, 4.69) is 9.97 Å². The minimum Gasteiger partial charge on any atom is -0.343 e. The predicted molar refractivity (Wildman–Crippen MR) is 86.4 cm³/mol. The first kappa shape index (κ1) is 17.4. The summed E-state index contributed by atoms with van der Waals surface area (Å²) in [5.41, 5.74) is -0.279. The van der Waals surface area contributed by atoms with E-state index in [9.17, 15) is 18.0 Å². The fourth-order valence-electron chi connectivity index (χ4n) is 2.84. The van der Waals surface area contributed by atoms with E-state index in [-0.39, 0.29) is 41.0 Å². The highest BCUT2D eigenvalue weighted by Crippen LogP contribution is 2.37. The number of benzene rings is 1. The minimum absolute atomic E-state index is 0.0366. The van der Waals surface area contributed by atoms with Crippen molar-refractivity contribution in [2.24, 2.45) is 0 Å². The van der Waals surface area contributed by atoms with Crippen LogP contribution in [0.5, 0.6) is 0 Å². The van der Waals surface area contributed by atoms with Crippen LogP contribution in [0.4, 0.5) is 13.2 Å². The van der Waals surface area contributed by atoms with E-state index >= 15 is 0 Å². The van der Waals surface area contributed by atoms with Crippen molar-refractivity contribution in [1.29, 1.82) is 0 Å². The number of alkyl halides is 3. The highest BCUT2D eigenvalue weighted by atomic mass is 32.2. The van der Waals surface area contributed by atoms with E-state index in [0.717, 1.165) is 17.8 Å². The Morgan fingerprint density at radius 1 is 1.15 bits per heavy atom. The maximum Gasteiger partial charge on any atom is 0.433 e. The molecule has 4 rings (SSSR count). The predicted octanol–water partition coefficient (Wildman–Crippen LogP) is 3.34. The number of Topliss-reactive ketones (excluding diaryl/α,β-unsaturated/α-hetero) is 1. The van der Waals surface area contributed by atoms with E-state index in [0.29, 0.717) is 5.56 Å². The van der Waals surface area contributed by atoms with Crippen LogP contribution in [0, 0.1) is 0 Å². The number of nitrogens with zero attached hydrogens (tertiary/aromatic N) is 2. The fourth-order valence-corrected chi connectivity index (χ4v) is 3.96. The first-order valence-electron chi connectivity index (χ1n) is 7.88. The van der Waals surface area contributed by atoms with Crippen LogP contribution in [0.15, 0.2) is 41.6 Å². The molecule has 3 atom stereocenters. The van der Waals surface area contributed by atoms with Crippen molar-refractivity contribution in [2.45, 2.75) is 35.4 Å². The lowest BCUT2D eigenvalue weighted by molar-refractivity contribution is -0.151. The maximum absolute atomic E-state index is 13.3. The third kappa shape index (κ3) is 3.46. The zero-order valence-electron chi connectivity index (χ0n) is 13.3. The first-order valence-corrected chi connectivity index (χ1v) is 8.76. The van der Waals surface area contributed by atoms with Gasteiger partial charge in [0.2, 0.25) is 6.29 Å². The molecule has 1 aromatic carbocycles. The Balaban J connectivity index is 1.68. The van der Waals surface area contributed by atoms with Gasteiger partial charge in [0.15, 0.2) is 10.9 Å². The number of thioether (sulfide) groups is 1. The van der Waals surface area contributed by atoms with Gasteiger partial charge in [-0.05, 0) is 6.07 Å². The van der Waals surface area contributed by atoms with E-state index in [1.54, 1.807) is 30.3 Å². The lowest BCUT2D eigenvalue weighted by atomic mass is 10.1. The first-order chi connectivity index (χ1) is 12.4. The summed E-state index contributed by atoms with van der Waals surface area (Å²) < 4.78 is 50.4. The molecule has 136 valence electrons. The molecule has 0 spiro atoms. The molecule has 9 heteroatoms. The van der Waals surface area contributed by atoms with Crippen molar-refractivity contribution in [3.05, 3.63) is 42.1 Å². The number of carbonyl (C=O) groups excluding carboxylic acids is 1. The van der Waals surface area contributed by atoms with Crippen molar-refractivity contribution < 1.29 is 27.4 Å². The average molecular weight is 382 g/mol. The van der Waals surface area contributed by atoms with Gasteiger partial charge in [0.1, 0.15) is 5.69 Å². The molecule has 2 bridgehead atoms. The van der Waals surface area contributed by atoms with Crippen molar-refractivity contribution in [1.82, 2.24) is 9.97 Å². The molecule has 2 aliphatic heterocycles. The van der Waals surface area contributed by atoms with Gasteiger partial charge >= 0.3 is 6.18 Å². The molecule has 0 aliphatic carbocycles. The molecule has 0 unspecified atom stereocenters. The summed E-state index contributed by atoms with van der Waals surface area (Å²) in [5, 5.41) is -0.418. The van der Waals surface area contributed by atoms with E-state index in [4.69, 9.17) is 9.47 Å². The molecule has 2 saturated heterocycles. The number of aromatic nitrogens is 2. The summed E-state index contributed by atoms with van der Waals surface area (Å²) in [6.45, 7) is 0.235. The highest BCUT2D eigenvalue weighted by molar-refractivity contribution is 7.99. The second kappa shape index (κ2) is 6.64. The van der Waals surface area contributed by atoms with Crippen LogP contribution in [0.2, 0.25) is 0 Å². The summed E-state index contributed by atoms with van der Waals surface area (Å²) >= 11 is 1.02. The molecule has 0 radical (unpaired) electrons. The Morgan fingerprint density at radius 3 is 2.65 bits per heavy atom. The normalized spacial score (nSPS) is 25.5. The summed E-state index contributed by atoms with van der Waals surface area (Å²) in [6, 6.07) is 9.50. The zero-order chi connectivity index (χ0) is 18.3. The Labute approximate surface area is 150 Å². The molecule has 26 heavy (non-hydrogen) atoms. The third-order valence-electron chi connectivity index (χ3n) is 4.11. The second-order valence-corrected chi connectivity index (χ2v) is 7.16. The number of ether oxygens (including phenoxy) is 2. The molecular formula is C17H13F3N2O3S. The van der Waals surface area contributed by atoms with Gasteiger partial charge in [0.25, 0.3) is 0 Å². The zero-order valence-corrected chi connectivity index (χ0v) is 14.1. The quantitative estimate of drug-likeness (QED) is 0.759. The van der Waals surface area contributed by atoms with E-state index in [1.807, 2.05) is 0 Å².